The smallest absolute Gasteiger partial charge is 0.198 e. The molecule has 110 valence electrons. The maximum atomic E-state index is 11.9. The lowest BCUT2D eigenvalue weighted by Gasteiger charge is -2.08. The Balaban J connectivity index is 4.43. The molecule has 0 fully saturated rings. The lowest BCUT2D eigenvalue weighted by atomic mass is 10.4. The average molecular weight is 331 g/mol. The van der Waals surface area contributed by atoms with Crippen LogP contribution in [-0.4, -0.2) is 46.4 Å². The van der Waals surface area contributed by atoms with Gasteiger partial charge >= 0.3 is 15.6 Å². The summed E-state index contributed by atoms with van der Waals surface area (Å²) in [5.74, 6) is -0.0267. The lowest BCUT2D eigenvalue weighted by Crippen LogP contribution is -2.29. The number of hydrogen-bond donors (Lipinski definition) is 0. The van der Waals surface area contributed by atoms with Crippen molar-refractivity contribution in [3.63, 3.8) is 0 Å². The van der Waals surface area contributed by atoms with Gasteiger partial charge in [0.25, 0.3) is 10.1 Å². The average Bonchev–Trinajstić information content (AvgIpc) is 2.08. The molecule has 0 aliphatic rings. The maximum absolute atomic E-state index is 11.9. The molecule has 0 saturated carbocycles. The summed E-state index contributed by atoms with van der Waals surface area (Å²) in [7, 11) is -10.7. The topological polar surface area (TPSA) is 77.5 Å². The van der Waals surface area contributed by atoms with Crippen LogP contribution in [0.4, 0.5) is 13.2 Å². The van der Waals surface area contributed by atoms with Gasteiger partial charge in [-0.2, -0.15) is 30.0 Å². The minimum Gasteiger partial charge on any atom is -0.198 e. The summed E-state index contributed by atoms with van der Waals surface area (Å²) in [4.78, 5) is 0. The molecule has 0 aromatic carbocycles. The first-order chi connectivity index (χ1) is 7.87. The highest BCUT2D eigenvalue weighted by atomic mass is 32.3. The standard InChI is InChI=1S/C7H14F3O5S3/c1-16(2)5-3-4-6-17(11,12)15-18(13,14)7(8,9)10/h3-6H2,1-2H3/q+1. The predicted octanol–water partition coefficient (Wildman–Crippen LogP) is 0.841. The van der Waals surface area contributed by atoms with Crippen LogP contribution in [0.1, 0.15) is 12.8 Å². The van der Waals surface area contributed by atoms with Gasteiger partial charge in [0.2, 0.25) is 0 Å². The van der Waals surface area contributed by atoms with Crippen molar-refractivity contribution in [2.24, 2.45) is 0 Å². The van der Waals surface area contributed by atoms with Crippen molar-refractivity contribution in [3.05, 3.63) is 0 Å². The van der Waals surface area contributed by atoms with Crippen LogP contribution in [0.2, 0.25) is 0 Å². The second kappa shape index (κ2) is 6.44. The zero-order valence-electron chi connectivity index (χ0n) is 9.73. The van der Waals surface area contributed by atoms with Crippen LogP contribution in [0, 0.1) is 0 Å². The van der Waals surface area contributed by atoms with Gasteiger partial charge in [0, 0.05) is 0 Å². The van der Waals surface area contributed by atoms with Gasteiger partial charge in [-0.15, -0.1) is 3.63 Å². The van der Waals surface area contributed by atoms with Crippen LogP contribution in [0.5, 0.6) is 0 Å². The molecule has 0 bridgehead atoms. The van der Waals surface area contributed by atoms with Gasteiger partial charge in [0.05, 0.1) is 18.3 Å². The molecule has 0 N–H and O–H groups in total. The third kappa shape index (κ3) is 6.81. The Morgan fingerprint density at radius 3 is 1.94 bits per heavy atom. The van der Waals surface area contributed by atoms with Gasteiger partial charge in [0.15, 0.2) is 0 Å². The molecule has 0 aliphatic carbocycles. The second-order valence-electron chi connectivity index (χ2n) is 3.63. The molecule has 0 radical (unpaired) electrons. The Morgan fingerprint density at radius 2 is 1.56 bits per heavy atom. The number of alkyl halides is 3. The molecule has 0 unspecified atom stereocenters. The minimum absolute atomic E-state index is 0.0564. The Morgan fingerprint density at radius 1 is 1.06 bits per heavy atom. The summed E-state index contributed by atoms with van der Waals surface area (Å²) >= 11 is 0. The van der Waals surface area contributed by atoms with Crippen molar-refractivity contribution in [1.82, 2.24) is 0 Å². The molecule has 11 heteroatoms. The number of halogens is 3. The highest BCUT2D eigenvalue weighted by Gasteiger charge is 2.50. The first kappa shape index (κ1) is 18.0. The summed E-state index contributed by atoms with van der Waals surface area (Å²) in [6.07, 6.45) is 4.39. The predicted molar refractivity (Wildman–Crippen MR) is 63.2 cm³/mol. The third-order valence-corrected chi connectivity index (χ3v) is 5.68. The van der Waals surface area contributed by atoms with Gasteiger partial charge in [0.1, 0.15) is 5.75 Å². The van der Waals surface area contributed by atoms with Crippen LogP contribution in [0.3, 0.4) is 0 Å². The third-order valence-electron chi connectivity index (χ3n) is 1.67. The normalized spacial score (nSPS) is 14.1. The summed E-state index contributed by atoms with van der Waals surface area (Å²) < 4.78 is 81.9. The SMILES string of the molecule is C[S+](C)CCCCS(=O)(=O)OS(=O)(=O)C(F)(F)F. The van der Waals surface area contributed by atoms with Gasteiger partial charge < -0.3 is 0 Å². The van der Waals surface area contributed by atoms with Gasteiger partial charge in [-0.25, -0.2) is 0 Å². The Bertz CT molecular complexity index is 451. The van der Waals surface area contributed by atoms with E-state index in [2.05, 4.69) is 3.63 Å². The first-order valence-corrected chi connectivity index (χ1v) is 9.86. The van der Waals surface area contributed by atoms with E-state index in [4.69, 9.17) is 0 Å². The maximum Gasteiger partial charge on any atom is 0.524 e. The van der Waals surface area contributed by atoms with E-state index in [1.54, 1.807) is 0 Å². The van der Waals surface area contributed by atoms with Gasteiger partial charge in [-0.3, -0.25) is 0 Å². The number of hydrogen-bond acceptors (Lipinski definition) is 5. The van der Waals surface area contributed by atoms with E-state index in [0.29, 0.717) is 6.42 Å². The molecular formula is C7H14F3O5S3+. The molecule has 5 nitrogen and oxygen atoms in total. The highest BCUT2D eigenvalue weighted by Crippen LogP contribution is 2.26. The Kier molecular flexibility index (Phi) is 6.44. The molecule has 0 aliphatic heterocycles. The summed E-state index contributed by atoms with van der Waals surface area (Å²) in [6.45, 7) is 0. The van der Waals surface area contributed by atoms with Crippen LogP contribution < -0.4 is 0 Å². The number of rotatable bonds is 7. The quantitative estimate of drug-likeness (QED) is 0.392. The highest BCUT2D eigenvalue weighted by molar-refractivity contribution is 8.00. The molecular weight excluding hydrogens is 317 g/mol. The van der Waals surface area contributed by atoms with Crippen molar-refractivity contribution in [1.29, 1.82) is 0 Å². The summed E-state index contributed by atoms with van der Waals surface area (Å²) in [6, 6.07) is 0. The zero-order chi connectivity index (χ0) is 14.6. The van der Waals surface area contributed by atoms with Crippen molar-refractivity contribution in [2.75, 3.05) is 24.0 Å². The largest absolute Gasteiger partial charge is 0.524 e. The van der Waals surface area contributed by atoms with Crippen molar-refractivity contribution in [2.45, 2.75) is 18.3 Å². The van der Waals surface area contributed by atoms with E-state index in [1.807, 2.05) is 12.5 Å². The molecule has 0 rings (SSSR count). The van der Waals surface area contributed by atoms with E-state index < -0.39 is 31.5 Å². The summed E-state index contributed by atoms with van der Waals surface area (Å²) in [5.41, 5.74) is -5.74. The van der Waals surface area contributed by atoms with E-state index >= 15 is 0 Å². The monoisotopic (exact) mass is 331 g/mol. The fourth-order valence-corrected chi connectivity index (χ4v) is 3.89. The van der Waals surface area contributed by atoms with Crippen LogP contribution in [0.15, 0.2) is 0 Å². The summed E-state index contributed by atoms with van der Waals surface area (Å²) in [5, 5.41) is 0. The fraction of sp³-hybridized carbons (Fsp3) is 1.00. The molecule has 18 heavy (non-hydrogen) atoms. The molecule has 0 aromatic rings. The Hall–Kier alpha value is -0.000000000000000167. The zero-order valence-corrected chi connectivity index (χ0v) is 12.2. The molecule has 0 spiro atoms. The molecule has 0 atom stereocenters. The second-order valence-corrected chi connectivity index (χ2v) is 9.45. The van der Waals surface area contributed by atoms with Gasteiger partial charge in [-0.05, 0) is 23.7 Å². The molecule has 0 heterocycles. The van der Waals surface area contributed by atoms with Crippen molar-refractivity contribution < 1.29 is 33.6 Å². The fourth-order valence-electron chi connectivity index (χ4n) is 0.879. The van der Waals surface area contributed by atoms with E-state index in [-0.39, 0.29) is 17.3 Å². The molecule has 0 saturated heterocycles. The minimum atomic E-state index is -6.10. The van der Waals surface area contributed by atoms with E-state index in [0.717, 1.165) is 5.75 Å². The Labute approximate surface area is 107 Å². The lowest BCUT2D eigenvalue weighted by molar-refractivity contribution is -0.0498. The molecule has 0 aromatic heterocycles. The van der Waals surface area contributed by atoms with E-state index in [9.17, 15) is 30.0 Å². The molecule has 0 amide bonds. The van der Waals surface area contributed by atoms with E-state index in [1.165, 1.54) is 0 Å². The van der Waals surface area contributed by atoms with Crippen molar-refractivity contribution >= 4 is 31.1 Å². The van der Waals surface area contributed by atoms with Crippen LogP contribution >= 0.6 is 0 Å². The van der Waals surface area contributed by atoms with Crippen LogP contribution in [0.25, 0.3) is 0 Å². The van der Waals surface area contributed by atoms with Crippen molar-refractivity contribution in [3.8, 4) is 0 Å². The van der Waals surface area contributed by atoms with Gasteiger partial charge in [-0.1, -0.05) is 0 Å². The first-order valence-electron chi connectivity index (χ1n) is 4.66. The number of unbranched alkanes of at least 4 members (excludes halogenated alkanes) is 1. The van der Waals surface area contributed by atoms with Crippen LogP contribution in [-0.2, 0) is 34.8 Å².